The average molecular weight is 277 g/mol. The Morgan fingerprint density at radius 1 is 1.21 bits per heavy atom. The van der Waals surface area contributed by atoms with E-state index in [1.54, 1.807) is 12.1 Å². The number of para-hydroxylation sites is 2. The first-order valence-corrected chi connectivity index (χ1v) is 6.05. The number of nitrogens with zero attached hydrogens (tertiary/aromatic N) is 1. The van der Waals surface area contributed by atoms with Gasteiger partial charge in [-0.1, -0.05) is 23.7 Å². The molecule has 0 aliphatic carbocycles. The van der Waals surface area contributed by atoms with Crippen LogP contribution in [0.5, 0.6) is 5.75 Å². The summed E-state index contributed by atoms with van der Waals surface area (Å²) in [6.45, 7) is 0. The number of rotatable bonds is 2. The highest BCUT2D eigenvalue weighted by Gasteiger charge is 2.16. The number of nitrogens with one attached hydrogen (secondary N) is 1. The highest BCUT2D eigenvalue weighted by atomic mass is 35.5. The molecule has 2 aromatic carbocycles. The number of hydrogen-bond donors (Lipinski definition) is 1. The Bertz CT molecular complexity index is 721. The van der Waals surface area contributed by atoms with Crippen molar-refractivity contribution >= 4 is 22.6 Å². The van der Waals surface area contributed by atoms with Crippen molar-refractivity contribution in [1.29, 1.82) is 0 Å². The van der Waals surface area contributed by atoms with Crippen molar-refractivity contribution in [2.45, 2.75) is 0 Å². The zero-order chi connectivity index (χ0) is 13.4. The molecule has 0 amide bonds. The predicted octanol–water partition coefficient (Wildman–Crippen LogP) is 4.03. The van der Waals surface area contributed by atoms with Crippen LogP contribution in [0.15, 0.2) is 36.4 Å². The number of ether oxygens (including phenoxy) is 1. The van der Waals surface area contributed by atoms with E-state index in [9.17, 15) is 4.39 Å². The van der Waals surface area contributed by atoms with E-state index in [-0.39, 0.29) is 10.8 Å². The van der Waals surface area contributed by atoms with Gasteiger partial charge < -0.3 is 9.72 Å². The van der Waals surface area contributed by atoms with E-state index in [1.807, 2.05) is 24.3 Å². The SMILES string of the molecule is COc1c(Cl)ccc(-c2nc3ccccc3[nH]2)c1F. The van der Waals surface area contributed by atoms with Gasteiger partial charge in [-0.05, 0) is 24.3 Å². The van der Waals surface area contributed by atoms with Gasteiger partial charge in [0.15, 0.2) is 11.6 Å². The van der Waals surface area contributed by atoms with Crippen LogP contribution in [0.3, 0.4) is 0 Å². The summed E-state index contributed by atoms with van der Waals surface area (Å²) >= 11 is 5.87. The lowest BCUT2D eigenvalue weighted by molar-refractivity contribution is 0.387. The van der Waals surface area contributed by atoms with Crippen LogP contribution in [0.25, 0.3) is 22.4 Å². The molecule has 0 aliphatic heterocycles. The number of H-pyrrole nitrogens is 1. The number of benzene rings is 2. The zero-order valence-electron chi connectivity index (χ0n) is 10.1. The van der Waals surface area contributed by atoms with Crippen LogP contribution in [-0.4, -0.2) is 17.1 Å². The average Bonchev–Trinajstić information content (AvgIpc) is 2.82. The van der Waals surface area contributed by atoms with Gasteiger partial charge in [0.25, 0.3) is 0 Å². The van der Waals surface area contributed by atoms with E-state index in [0.717, 1.165) is 11.0 Å². The van der Waals surface area contributed by atoms with Crippen molar-refractivity contribution in [3.8, 4) is 17.1 Å². The lowest BCUT2D eigenvalue weighted by Gasteiger charge is -2.07. The number of fused-ring (bicyclic) bond motifs is 1. The molecule has 19 heavy (non-hydrogen) atoms. The summed E-state index contributed by atoms with van der Waals surface area (Å²) in [5.41, 5.74) is 1.97. The maximum absolute atomic E-state index is 14.3. The number of hydrogen-bond acceptors (Lipinski definition) is 2. The van der Waals surface area contributed by atoms with Gasteiger partial charge in [-0.15, -0.1) is 0 Å². The molecule has 0 atom stereocenters. The maximum atomic E-state index is 14.3. The van der Waals surface area contributed by atoms with Crippen LogP contribution in [0.2, 0.25) is 5.02 Å². The van der Waals surface area contributed by atoms with Crippen LogP contribution in [0, 0.1) is 5.82 Å². The van der Waals surface area contributed by atoms with Crippen LogP contribution >= 0.6 is 11.6 Å². The van der Waals surface area contributed by atoms with Gasteiger partial charge in [0, 0.05) is 0 Å². The van der Waals surface area contributed by atoms with Crippen molar-refractivity contribution in [3.63, 3.8) is 0 Å². The molecule has 3 rings (SSSR count). The molecular weight excluding hydrogens is 267 g/mol. The molecular formula is C14H10ClFN2O. The van der Waals surface area contributed by atoms with Crippen molar-refractivity contribution in [3.05, 3.63) is 47.2 Å². The van der Waals surface area contributed by atoms with Gasteiger partial charge in [-0.2, -0.15) is 0 Å². The van der Waals surface area contributed by atoms with Crippen molar-refractivity contribution in [1.82, 2.24) is 9.97 Å². The van der Waals surface area contributed by atoms with Gasteiger partial charge in [0.2, 0.25) is 0 Å². The monoisotopic (exact) mass is 276 g/mol. The molecule has 0 saturated carbocycles. The molecule has 1 heterocycles. The second-order valence-corrected chi connectivity index (χ2v) is 4.45. The van der Waals surface area contributed by atoms with E-state index in [0.29, 0.717) is 11.4 Å². The normalized spacial score (nSPS) is 10.9. The first-order chi connectivity index (χ1) is 9.20. The fourth-order valence-electron chi connectivity index (χ4n) is 1.98. The fourth-order valence-corrected chi connectivity index (χ4v) is 2.21. The van der Waals surface area contributed by atoms with Gasteiger partial charge >= 0.3 is 0 Å². The highest BCUT2D eigenvalue weighted by molar-refractivity contribution is 6.32. The Kier molecular flexibility index (Phi) is 2.87. The molecule has 0 radical (unpaired) electrons. The van der Waals surface area contributed by atoms with Crippen LogP contribution < -0.4 is 4.74 Å². The van der Waals surface area contributed by atoms with Crippen LogP contribution in [-0.2, 0) is 0 Å². The molecule has 0 aliphatic rings. The van der Waals surface area contributed by atoms with E-state index in [1.165, 1.54) is 7.11 Å². The first kappa shape index (κ1) is 12.0. The quantitative estimate of drug-likeness (QED) is 0.767. The van der Waals surface area contributed by atoms with Gasteiger partial charge in [0.1, 0.15) is 5.82 Å². The molecule has 3 nitrogen and oxygen atoms in total. The van der Waals surface area contributed by atoms with Crippen molar-refractivity contribution in [2.24, 2.45) is 0 Å². The maximum Gasteiger partial charge on any atom is 0.177 e. The van der Waals surface area contributed by atoms with Gasteiger partial charge in [-0.25, -0.2) is 9.37 Å². The molecule has 0 spiro atoms. The summed E-state index contributed by atoms with van der Waals surface area (Å²) in [5.74, 6) is -0.0395. The van der Waals surface area contributed by atoms with E-state index >= 15 is 0 Å². The minimum Gasteiger partial charge on any atom is -0.492 e. The highest BCUT2D eigenvalue weighted by Crippen LogP contribution is 2.34. The predicted molar refractivity (Wildman–Crippen MR) is 73.0 cm³/mol. The molecule has 96 valence electrons. The number of aromatic amines is 1. The van der Waals surface area contributed by atoms with Crippen molar-refractivity contribution < 1.29 is 9.13 Å². The Morgan fingerprint density at radius 2 is 2.00 bits per heavy atom. The second kappa shape index (κ2) is 4.55. The largest absolute Gasteiger partial charge is 0.492 e. The third-order valence-electron chi connectivity index (χ3n) is 2.90. The zero-order valence-corrected chi connectivity index (χ0v) is 10.8. The van der Waals surface area contributed by atoms with E-state index < -0.39 is 5.82 Å². The van der Waals surface area contributed by atoms with Crippen LogP contribution in [0.4, 0.5) is 4.39 Å². The van der Waals surface area contributed by atoms with Crippen molar-refractivity contribution in [2.75, 3.05) is 7.11 Å². The Morgan fingerprint density at radius 3 is 2.74 bits per heavy atom. The number of aromatic nitrogens is 2. The minimum absolute atomic E-state index is 0.0274. The number of imidazole rings is 1. The molecule has 1 aromatic heterocycles. The third-order valence-corrected chi connectivity index (χ3v) is 3.20. The topological polar surface area (TPSA) is 37.9 Å². The second-order valence-electron chi connectivity index (χ2n) is 4.04. The molecule has 1 N–H and O–H groups in total. The molecule has 3 aromatic rings. The Hall–Kier alpha value is -2.07. The lowest BCUT2D eigenvalue weighted by atomic mass is 10.2. The lowest BCUT2D eigenvalue weighted by Crippen LogP contribution is -1.93. The molecule has 0 saturated heterocycles. The molecule has 0 bridgehead atoms. The molecule has 0 fully saturated rings. The van der Waals surface area contributed by atoms with E-state index in [2.05, 4.69) is 9.97 Å². The Labute approximate surface area is 114 Å². The summed E-state index contributed by atoms with van der Waals surface area (Å²) in [7, 11) is 1.38. The summed E-state index contributed by atoms with van der Waals surface area (Å²) < 4.78 is 19.2. The first-order valence-electron chi connectivity index (χ1n) is 5.68. The summed E-state index contributed by atoms with van der Waals surface area (Å²) in [6, 6.07) is 10.7. The number of halogens is 2. The van der Waals surface area contributed by atoms with E-state index in [4.69, 9.17) is 16.3 Å². The summed E-state index contributed by atoms with van der Waals surface area (Å²) in [5, 5.41) is 0.236. The minimum atomic E-state index is -0.519. The third kappa shape index (κ3) is 1.94. The Balaban J connectivity index is 2.21. The molecule has 5 heteroatoms. The van der Waals surface area contributed by atoms with Crippen LogP contribution in [0.1, 0.15) is 0 Å². The summed E-state index contributed by atoms with van der Waals surface area (Å²) in [6.07, 6.45) is 0. The fraction of sp³-hybridized carbons (Fsp3) is 0.0714. The molecule has 0 unspecified atom stereocenters. The van der Waals surface area contributed by atoms with Gasteiger partial charge in [-0.3, -0.25) is 0 Å². The smallest absolute Gasteiger partial charge is 0.177 e. The standard InChI is InChI=1S/C14H10ClFN2O/c1-19-13-9(15)7-6-8(12(13)16)14-17-10-4-2-3-5-11(10)18-14/h2-7H,1H3,(H,17,18). The van der Waals surface area contributed by atoms with Gasteiger partial charge in [0.05, 0.1) is 28.7 Å². The number of methoxy groups -OCH3 is 1. The summed E-state index contributed by atoms with van der Waals surface area (Å²) in [4.78, 5) is 7.43.